The van der Waals surface area contributed by atoms with Crippen molar-refractivity contribution < 1.29 is 27.8 Å². The topological polar surface area (TPSA) is 51.5 Å². The van der Waals surface area contributed by atoms with Gasteiger partial charge in [-0.1, -0.05) is 0 Å². The smallest absolute Gasteiger partial charge is 0.418 e. The van der Waals surface area contributed by atoms with Gasteiger partial charge in [0, 0.05) is 18.8 Å². The molecule has 90 valence electrons. The number of hydrogen-bond donors (Lipinski definition) is 1. The van der Waals surface area contributed by atoms with Crippen LogP contribution >= 0.6 is 0 Å². The van der Waals surface area contributed by atoms with E-state index in [1.807, 2.05) is 0 Å². The minimum Gasteiger partial charge on any atom is -0.464 e. The Morgan fingerprint density at radius 1 is 1.56 bits per heavy atom. The molecule has 0 aliphatic heterocycles. The predicted octanol–water partition coefficient (Wildman–Crippen LogP) is 1.41. The van der Waals surface area contributed by atoms with Gasteiger partial charge in [-0.05, 0) is 6.07 Å². The van der Waals surface area contributed by atoms with Gasteiger partial charge in [-0.25, -0.2) is 4.79 Å². The van der Waals surface area contributed by atoms with Crippen LogP contribution in [-0.2, 0) is 11.8 Å². The number of aliphatic hydroxyl groups excluding tert-OH is 1. The molecular formula is C9H10F3NO3. The molecule has 0 aliphatic rings. The molecule has 1 N–H and O–H groups in total. The highest BCUT2D eigenvalue weighted by molar-refractivity contribution is 5.87. The third kappa shape index (κ3) is 2.35. The Morgan fingerprint density at radius 2 is 2.12 bits per heavy atom. The Labute approximate surface area is 89.2 Å². The summed E-state index contributed by atoms with van der Waals surface area (Å²) < 4.78 is 42.1. The Hall–Kier alpha value is -1.50. The number of ether oxygens (including phenoxy) is 1. The average molecular weight is 237 g/mol. The van der Waals surface area contributed by atoms with Crippen LogP contribution in [0.5, 0.6) is 0 Å². The number of rotatable bonds is 2. The molecule has 0 radical (unpaired) electrons. The van der Waals surface area contributed by atoms with Gasteiger partial charge in [0.1, 0.15) is 5.69 Å². The second kappa shape index (κ2) is 4.17. The van der Waals surface area contributed by atoms with Gasteiger partial charge in [0.05, 0.1) is 7.11 Å². The SMILES string of the molecule is COC(=O)c1cc([C@H](O)C(F)(F)F)cn1C. The molecule has 1 aromatic heterocycles. The number of esters is 1. The van der Waals surface area contributed by atoms with Gasteiger partial charge in [-0.15, -0.1) is 0 Å². The van der Waals surface area contributed by atoms with E-state index >= 15 is 0 Å². The molecule has 1 heterocycles. The van der Waals surface area contributed by atoms with Crippen LogP contribution in [0.4, 0.5) is 13.2 Å². The zero-order chi connectivity index (χ0) is 12.5. The van der Waals surface area contributed by atoms with Crippen molar-refractivity contribution >= 4 is 5.97 Å². The lowest BCUT2D eigenvalue weighted by Crippen LogP contribution is -2.19. The molecule has 0 aromatic carbocycles. The van der Waals surface area contributed by atoms with E-state index in [4.69, 9.17) is 5.11 Å². The first-order chi connectivity index (χ1) is 7.27. The van der Waals surface area contributed by atoms with Gasteiger partial charge in [0.25, 0.3) is 0 Å². The highest BCUT2D eigenvalue weighted by Gasteiger charge is 2.40. The Balaban J connectivity index is 3.06. The fraction of sp³-hybridized carbons (Fsp3) is 0.444. The lowest BCUT2D eigenvalue weighted by molar-refractivity contribution is -0.206. The minimum atomic E-state index is -4.76. The van der Waals surface area contributed by atoms with E-state index in [1.54, 1.807) is 0 Å². The van der Waals surface area contributed by atoms with Crippen LogP contribution < -0.4 is 0 Å². The first-order valence-corrected chi connectivity index (χ1v) is 4.26. The number of aryl methyl sites for hydroxylation is 1. The first-order valence-electron chi connectivity index (χ1n) is 4.26. The molecule has 0 spiro atoms. The third-order valence-corrected chi connectivity index (χ3v) is 2.05. The molecule has 0 aliphatic carbocycles. The van der Waals surface area contributed by atoms with Crippen molar-refractivity contribution in [2.45, 2.75) is 12.3 Å². The number of aliphatic hydroxyl groups is 1. The van der Waals surface area contributed by atoms with E-state index in [9.17, 15) is 18.0 Å². The largest absolute Gasteiger partial charge is 0.464 e. The van der Waals surface area contributed by atoms with Crippen molar-refractivity contribution in [3.63, 3.8) is 0 Å². The molecular weight excluding hydrogens is 227 g/mol. The zero-order valence-corrected chi connectivity index (χ0v) is 8.58. The van der Waals surface area contributed by atoms with Crippen molar-refractivity contribution in [2.24, 2.45) is 7.05 Å². The molecule has 0 saturated heterocycles. The summed E-state index contributed by atoms with van der Waals surface area (Å²) in [4.78, 5) is 11.1. The molecule has 0 unspecified atom stereocenters. The van der Waals surface area contributed by atoms with E-state index in [1.165, 1.54) is 7.05 Å². The maximum atomic E-state index is 12.2. The van der Waals surface area contributed by atoms with Gasteiger partial charge in [-0.2, -0.15) is 13.2 Å². The van der Waals surface area contributed by atoms with Gasteiger partial charge >= 0.3 is 12.1 Å². The van der Waals surface area contributed by atoms with Crippen LogP contribution in [0.1, 0.15) is 22.2 Å². The van der Waals surface area contributed by atoms with Crippen molar-refractivity contribution in [1.82, 2.24) is 4.57 Å². The van der Waals surface area contributed by atoms with Crippen LogP contribution in [0.3, 0.4) is 0 Å². The van der Waals surface area contributed by atoms with Crippen LogP contribution in [0.15, 0.2) is 12.3 Å². The summed E-state index contributed by atoms with van der Waals surface area (Å²) in [7, 11) is 2.51. The summed E-state index contributed by atoms with van der Waals surface area (Å²) in [6, 6.07) is 0.948. The van der Waals surface area contributed by atoms with Crippen LogP contribution in [0.25, 0.3) is 0 Å². The van der Waals surface area contributed by atoms with E-state index < -0.39 is 23.8 Å². The molecule has 0 saturated carbocycles. The van der Waals surface area contributed by atoms with Crippen LogP contribution in [-0.4, -0.2) is 28.9 Å². The summed E-state index contributed by atoms with van der Waals surface area (Å²) >= 11 is 0. The standard InChI is InChI=1S/C9H10F3NO3/c1-13-4-5(7(14)9(10,11)12)3-6(13)8(15)16-2/h3-4,7,14H,1-2H3/t7-/m0/s1. The Bertz CT molecular complexity index is 397. The number of nitrogens with zero attached hydrogens (tertiary/aromatic N) is 1. The number of carbonyl (C=O) groups excluding carboxylic acids is 1. The van der Waals surface area contributed by atoms with Crippen LogP contribution in [0.2, 0.25) is 0 Å². The molecule has 4 nitrogen and oxygen atoms in total. The highest BCUT2D eigenvalue weighted by atomic mass is 19.4. The van der Waals surface area contributed by atoms with Gasteiger partial charge in [0.2, 0.25) is 0 Å². The molecule has 0 bridgehead atoms. The molecule has 16 heavy (non-hydrogen) atoms. The summed E-state index contributed by atoms with van der Waals surface area (Å²) in [5.74, 6) is -0.761. The lowest BCUT2D eigenvalue weighted by Gasteiger charge is -2.12. The van der Waals surface area contributed by atoms with E-state index in [0.29, 0.717) is 0 Å². The third-order valence-electron chi connectivity index (χ3n) is 2.05. The second-order valence-corrected chi connectivity index (χ2v) is 3.21. The average Bonchev–Trinajstić information content (AvgIpc) is 2.56. The zero-order valence-electron chi connectivity index (χ0n) is 8.58. The normalized spacial score (nSPS) is 13.6. The first kappa shape index (κ1) is 12.6. The van der Waals surface area contributed by atoms with E-state index in [2.05, 4.69) is 4.74 Å². The number of carbonyl (C=O) groups is 1. The van der Waals surface area contributed by atoms with Crippen molar-refractivity contribution in [2.75, 3.05) is 7.11 Å². The van der Waals surface area contributed by atoms with E-state index in [-0.39, 0.29) is 5.69 Å². The summed E-state index contributed by atoms with van der Waals surface area (Å²) in [5, 5.41) is 8.96. The number of halogens is 3. The number of methoxy groups -OCH3 is 1. The highest BCUT2D eigenvalue weighted by Crippen LogP contribution is 2.33. The Morgan fingerprint density at radius 3 is 2.56 bits per heavy atom. The summed E-state index contributed by atoms with van der Waals surface area (Å²) in [5.41, 5.74) is -0.448. The van der Waals surface area contributed by atoms with Crippen LogP contribution in [0, 0.1) is 0 Å². The number of hydrogen-bond acceptors (Lipinski definition) is 3. The summed E-state index contributed by atoms with van der Waals surface area (Å²) in [6.07, 6.45) is -6.32. The minimum absolute atomic E-state index is 0.0548. The lowest BCUT2D eigenvalue weighted by atomic mass is 10.2. The monoisotopic (exact) mass is 237 g/mol. The molecule has 0 amide bonds. The van der Waals surface area contributed by atoms with Gasteiger partial charge < -0.3 is 14.4 Å². The number of alkyl halides is 3. The molecule has 1 rings (SSSR count). The molecule has 1 aromatic rings. The van der Waals surface area contributed by atoms with Gasteiger partial charge in [-0.3, -0.25) is 0 Å². The van der Waals surface area contributed by atoms with Crippen molar-refractivity contribution in [3.05, 3.63) is 23.5 Å². The molecule has 7 heteroatoms. The summed E-state index contributed by atoms with van der Waals surface area (Å²) in [6.45, 7) is 0. The fourth-order valence-corrected chi connectivity index (χ4v) is 1.24. The quantitative estimate of drug-likeness (QED) is 0.791. The maximum Gasteiger partial charge on any atom is 0.418 e. The van der Waals surface area contributed by atoms with E-state index in [0.717, 1.165) is 23.9 Å². The predicted molar refractivity (Wildman–Crippen MR) is 47.8 cm³/mol. The van der Waals surface area contributed by atoms with Crippen molar-refractivity contribution in [1.29, 1.82) is 0 Å². The second-order valence-electron chi connectivity index (χ2n) is 3.21. The van der Waals surface area contributed by atoms with Gasteiger partial charge in [0.15, 0.2) is 6.10 Å². The number of aromatic nitrogens is 1. The van der Waals surface area contributed by atoms with Crippen molar-refractivity contribution in [3.8, 4) is 0 Å². The molecule has 1 atom stereocenters. The fourth-order valence-electron chi connectivity index (χ4n) is 1.24. The Kier molecular flexibility index (Phi) is 3.27. The molecule has 0 fully saturated rings. The maximum absolute atomic E-state index is 12.2.